The van der Waals surface area contributed by atoms with Crippen molar-refractivity contribution in [1.29, 1.82) is 0 Å². The van der Waals surface area contributed by atoms with Crippen molar-refractivity contribution in [2.45, 2.75) is 26.4 Å². The van der Waals surface area contributed by atoms with E-state index in [-0.39, 0.29) is 17.5 Å². The topological polar surface area (TPSA) is 89.9 Å². The highest BCUT2D eigenvalue weighted by atomic mass is 16.4. The highest BCUT2D eigenvalue weighted by Gasteiger charge is 2.27. The van der Waals surface area contributed by atoms with Gasteiger partial charge in [0.1, 0.15) is 0 Å². The van der Waals surface area contributed by atoms with Crippen LogP contribution in [0.25, 0.3) is 0 Å². The Morgan fingerprint density at radius 3 is 2.67 bits per heavy atom. The third-order valence-electron chi connectivity index (χ3n) is 3.91. The van der Waals surface area contributed by atoms with E-state index in [1.807, 2.05) is 6.92 Å². The molecule has 0 radical (unpaired) electrons. The van der Waals surface area contributed by atoms with Gasteiger partial charge in [-0.2, -0.15) is 0 Å². The van der Waals surface area contributed by atoms with Crippen LogP contribution in [-0.4, -0.2) is 46.3 Å². The van der Waals surface area contributed by atoms with Gasteiger partial charge in [0.05, 0.1) is 11.7 Å². The second-order valence-corrected chi connectivity index (χ2v) is 5.54. The minimum absolute atomic E-state index is 0.200. The van der Waals surface area contributed by atoms with Crippen molar-refractivity contribution < 1.29 is 19.8 Å². The summed E-state index contributed by atoms with van der Waals surface area (Å²) in [6, 6.07) is 4.39. The molecule has 114 valence electrons. The maximum Gasteiger partial charge on any atom is 0.335 e. The lowest BCUT2D eigenvalue weighted by Crippen LogP contribution is -2.47. The zero-order valence-corrected chi connectivity index (χ0v) is 12.2. The van der Waals surface area contributed by atoms with E-state index < -0.39 is 12.1 Å². The van der Waals surface area contributed by atoms with Crippen LogP contribution in [0, 0.1) is 12.8 Å². The van der Waals surface area contributed by atoms with E-state index >= 15 is 0 Å². The molecule has 1 fully saturated rings. The van der Waals surface area contributed by atoms with Crippen LogP contribution < -0.4 is 5.32 Å². The van der Waals surface area contributed by atoms with Gasteiger partial charge in [0.25, 0.3) is 0 Å². The average Bonchev–Trinajstić information content (AvgIpc) is 2.41. The number of aliphatic hydroxyl groups excluding tert-OH is 1. The number of hydrogen-bond donors (Lipinski definition) is 3. The number of rotatable bonds is 2. The number of benzene rings is 1. The molecule has 6 nitrogen and oxygen atoms in total. The molecule has 6 heteroatoms. The molecule has 21 heavy (non-hydrogen) atoms. The van der Waals surface area contributed by atoms with Gasteiger partial charge < -0.3 is 20.4 Å². The maximum atomic E-state index is 12.1. The van der Waals surface area contributed by atoms with E-state index in [4.69, 9.17) is 5.11 Å². The molecule has 1 aromatic carbocycles. The van der Waals surface area contributed by atoms with E-state index in [9.17, 15) is 14.7 Å². The number of anilines is 1. The molecule has 0 bridgehead atoms. The Kier molecular flexibility index (Phi) is 4.47. The van der Waals surface area contributed by atoms with Gasteiger partial charge in [0, 0.05) is 18.8 Å². The summed E-state index contributed by atoms with van der Waals surface area (Å²) in [7, 11) is 0. The smallest absolute Gasteiger partial charge is 0.335 e. The summed E-state index contributed by atoms with van der Waals surface area (Å²) in [5, 5.41) is 21.5. The predicted molar refractivity (Wildman–Crippen MR) is 78.5 cm³/mol. The highest BCUT2D eigenvalue weighted by molar-refractivity contribution is 5.92. The second kappa shape index (κ2) is 6.13. The molecule has 1 aliphatic heterocycles. The van der Waals surface area contributed by atoms with Crippen molar-refractivity contribution in [2.24, 2.45) is 5.92 Å². The fraction of sp³-hybridized carbons (Fsp3) is 0.467. The first-order valence-electron chi connectivity index (χ1n) is 6.96. The third-order valence-corrected chi connectivity index (χ3v) is 3.91. The highest BCUT2D eigenvalue weighted by Crippen LogP contribution is 2.19. The molecule has 1 saturated heterocycles. The fourth-order valence-electron chi connectivity index (χ4n) is 2.42. The number of amides is 2. The molecule has 0 spiro atoms. The number of piperidine rings is 1. The zero-order valence-electron chi connectivity index (χ0n) is 12.2. The van der Waals surface area contributed by atoms with E-state index in [1.54, 1.807) is 24.0 Å². The Labute approximate surface area is 123 Å². The number of aryl methyl sites for hydroxylation is 1. The number of carboxylic acid groups (broad SMARTS) is 1. The monoisotopic (exact) mass is 292 g/mol. The standard InChI is InChI=1S/C15H20N2O4/c1-9-5-6-17(8-13(9)18)15(21)16-11-3-4-12(14(19)20)10(2)7-11/h3-4,7,9,13,18H,5-6,8H2,1-2H3,(H,16,21)(H,19,20). The van der Waals surface area contributed by atoms with Gasteiger partial charge in [-0.1, -0.05) is 6.92 Å². The molecular weight excluding hydrogens is 272 g/mol. The summed E-state index contributed by atoms with van der Waals surface area (Å²) in [5.74, 6) is -0.787. The zero-order chi connectivity index (χ0) is 15.6. The van der Waals surface area contributed by atoms with Crippen LogP contribution in [0.4, 0.5) is 10.5 Å². The first-order chi connectivity index (χ1) is 9.88. The van der Waals surface area contributed by atoms with Gasteiger partial charge in [-0.25, -0.2) is 9.59 Å². The normalized spacial score (nSPS) is 22.0. The first kappa shape index (κ1) is 15.3. The molecule has 2 rings (SSSR count). The molecular formula is C15H20N2O4. The molecule has 0 saturated carbocycles. The quantitative estimate of drug-likeness (QED) is 0.777. The van der Waals surface area contributed by atoms with E-state index in [0.29, 0.717) is 24.3 Å². The van der Waals surface area contributed by atoms with E-state index in [1.165, 1.54) is 6.07 Å². The van der Waals surface area contributed by atoms with Gasteiger partial charge in [0.2, 0.25) is 0 Å². The molecule has 2 unspecified atom stereocenters. The molecule has 2 amide bonds. The molecule has 1 heterocycles. The largest absolute Gasteiger partial charge is 0.478 e. The number of aromatic carboxylic acids is 1. The van der Waals surface area contributed by atoms with Crippen molar-refractivity contribution >= 4 is 17.7 Å². The summed E-state index contributed by atoms with van der Waals surface area (Å²) in [5.41, 5.74) is 1.36. The van der Waals surface area contributed by atoms with Crippen molar-refractivity contribution in [2.75, 3.05) is 18.4 Å². The van der Waals surface area contributed by atoms with E-state index in [0.717, 1.165) is 6.42 Å². The Bertz CT molecular complexity index is 559. The minimum Gasteiger partial charge on any atom is -0.478 e. The Hall–Kier alpha value is -2.08. The van der Waals surface area contributed by atoms with Gasteiger partial charge in [-0.15, -0.1) is 0 Å². The van der Waals surface area contributed by atoms with Crippen LogP contribution in [0.1, 0.15) is 29.3 Å². The third kappa shape index (κ3) is 3.52. The number of nitrogens with zero attached hydrogens (tertiary/aromatic N) is 1. The number of aliphatic hydroxyl groups is 1. The number of likely N-dealkylation sites (tertiary alicyclic amines) is 1. The van der Waals surface area contributed by atoms with Crippen molar-refractivity contribution in [3.63, 3.8) is 0 Å². The number of carbonyl (C=O) groups excluding carboxylic acids is 1. The van der Waals surface area contributed by atoms with Crippen LogP contribution in [0.2, 0.25) is 0 Å². The lowest BCUT2D eigenvalue weighted by molar-refractivity contribution is 0.0464. The SMILES string of the molecule is Cc1cc(NC(=O)N2CCC(C)C(O)C2)ccc1C(=O)O. The van der Waals surface area contributed by atoms with Gasteiger partial charge in [-0.05, 0) is 43.0 Å². The van der Waals surface area contributed by atoms with Gasteiger partial charge in [-0.3, -0.25) is 0 Å². The summed E-state index contributed by atoms with van der Waals surface area (Å²) in [4.78, 5) is 24.7. The summed E-state index contributed by atoms with van der Waals surface area (Å²) in [6.07, 6.45) is 0.270. The second-order valence-electron chi connectivity index (χ2n) is 5.54. The van der Waals surface area contributed by atoms with Crippen LogP contribution in [-0.2, 0) is 0 Å². The van der Waals surface area contributed by atoms with E-state index in [2.05, 4.69) is 5.32 Å². The van der Waals surface area contributed by atoms with Gasteiger partial charge >= 0.3 is 12.0 Å². The summed E-state index contributed by atoms with van der Waals surface area (Å²) >= 11 is 0. The minimum atomic E-state index is -0.987. The summed E-state index contributed by atoms with van der Waals surface area (Å²) in [6.45, 7) is 4.58. The predicted octanol–water partition coefficient (Wildman–Crippen LogP) is 1.93. The Balaban J connectivity index is 2.03. The number of hydrogen-bond acceptors (Lipinski definition) is 3. The fourth-order valence-corrected chi connectivity index (χ4v) is 2.42. The molecule has 2 atom stereocenters. The number of nitrogens with one attached hydrogen (secondary N) is 1. The average molecular weight is 292 g/mol. The lowest BCUT2D eigenvalue weighted by atomic mass is 9.96. The van der Waals surface area contributed by atoms with Crippen molar-refractivity contribution in [3.8, 4) is 0 Å². The number of urea groups is 1. The molecule has 1 aromatic rings. The Morgan fingerprint density at radius 1 is 1.38 bits per heavy atom. The van der Waals surface area contributed by atoms with Crippen molar-refractivity contribution in [1.82, 2.24) is 4.90 Å². The molecule has 3 N–H and O–H groups in total. The number of β-amino-alcohol motifs (C(OH)–C–C–N with tert-alkyl or cyclic N) is 1. The lowest BCUT2D eigenvalue weighted by Gasteiger charge is -2.34. The molecule has 0 aliphatic carbocycles. The molecule has 0 aromatic heterocycles. The Morgan fingerprint density at radius 2 is 2.10 bits per heavy atom. The van der Waals surface area contributed by atoms with Crippen LogP contribution >= 0.6 is 0 Å². The number of carbonyl (C=O) groups is 2. The van der Waals surface area contributed by atoms with Crippen LogP contribution in [0.5, 0.6) is 0 Å². The molecule has 1 aliphatic rings. The van der Waals surface area contributed by atoms with Crippen LogP contribution in [0.3, 0.4) is 0 Å². The van der Waals surface area contributed by atoms with Gasteiger partial charge in [0.15, 0.2) is 0 Å². The maximum absolute atomic E-state index is 12.1. The first-order valence-corrected chi connectivity index (χ1v) is 6.96. The summed E-state index contributed by atoms with van der Waals surface area (Å²) < 4.78 is 0. The van der Waals surface area contributed by atoms with Crippen LogP contribution in [0.15, 0.2) is 18.2 Å². The number of carboxylic acids is 1. The van der Waals surface area contributed by atoms with Crippen molar-refractivity contribution in [3.05, 3.63) is 29.3 Å².